The first-order chi connectivity index (χ1) is 9.59. The number of thiophene rings is 1. The van der Waals surface area contributed by atoms with Crippen molar-refractivity contribution in [2.45, 2.75) is 35.9 Å². The topological polar surface area (TPSA) is 49.4 Å². The molecule has 0 bridgehead atoms. The number of nitrogens with one attached hydrogen (secondary N) is 1. The molecule has 0 saturated carbocycles. The molecule has 0 amide bonds. The molecule has 0 aromatic carbocycles. The molecule has 120 valence electrons. The quantitative estimate of drug-likeness (QED) is 0.825. The lowest BCUT2D eigenvalue weighted by atomic mass is 9.89. The summed E-state index contributed by atoms with van der Waals surface area (Å²) >= 11 is 4.62. The van der Waals surface area contributed by atoms with Crippen LogP contribution in [-0.2, 0) is 10.0 Å². The van der Waals surface area contributed by atoms with Crippen molar-refractivity contribution in [2.24, 2.45) is 5.92 Å². The predicted molar refractivity (Wildman–Crippen MR) is 91.8 cm³/mol. The van der Waals surface area contributed by atoms with Crippen LogP contribution in [0.3, 0.4) is 0 Å². The van der Waals surface area contributed by atoms with Gasteiger partial charge in [-0.15, -0.1) is 23.7 Å². The standard InChI is InChI=1S/C13H19BrN2O2S2.ClH/c14-11-5-9-19-13(11)20(17,18)16-7-3-10(4-8-16)12-2-1-6-15-12;/h5,9-10,12,15H,1-4,6-8H2;1H. The SMILES string of the molecule is Cl.O=S(=O)(c1sccc1Br)N1CCC(C2CCCN2)CC1. The van der Waals surface area contributed by atoms with E-state index in [1.807, 2.05) is 5.38 Å². The second kappa shape index (κ2) is 7.27. The van der Waals surface area contributed by atoms with E-state index in [0.29, 0.717) is 33.7 Å². The second-order valence-corrected chi connectivity index (χ2v) is 9.40. The Balaban J connectivity index is 0.00000161. The lowest BCUT2D eigenvalue weighted by molar-refractivity contribution is 0.234. The molecular weight excluding hydrogens is 396 g/mol. The van der Waals surface area contributed by atoms with Gasteiger partial charge in [0, 0.05) is 23.6 Å². The first kappa shape index (κ1) is 17.7. The molecule has 2 saturated heterocycles. The van der Waals surface area contributed by atoms with Crippen molar-refractivity contribution in [3.05, 3.63) is 15.9 Å². The van der Waals surface area contributed by atoms with Gasteiger partial charge in [-0.1, -0.05) is 0 Å². The average molecular weight is 416 g/mol. The van der Waals surface area contributed by atoms with Gasteiger partial charge in [0.15, 0.2) is 0 Å². The van der Waals surface area contributed by atoms with Crippen molar-refractivity contribution in [1.29, 1.82) is 0 Å². The van der Waals surface area contributed by atoms with E-state index in [0.717, 1.165) is 19.4 Å². The Hall–Kier alpha value is 0.340. The van der Waals surface area contributed by atoms with Crippen LogP contribution >= 0.6 is 39.7 Å². The third-order valence-electron chi connectivity index (χ3n) is 4.32. The van der Waals surface area contributed by atoms with E-state index in [1.54, 1.807) is 10.4 Å². The fourth-order valence-corrected chi connectivity index (χ4v) is 7.13. The van der Waals surface area contributed by atoms with Crippen LogP contribution in [0.15, 0.2) is 20.1 Å². The van der Waals surface area contributed by atoms with Gasteiger partial charge in [0.1, 0.15) is 4.21 Å². The zero-order valence-electron chi connectivity index (χ0n) is 11.6. The highest BCUT2D eigenvalue weighted by Crippen LogP contribution is 2.33. The van der Waals surface area contributed by atoms with E-state index in [-0.39, 0.29) is 12.4 Å². The van der Waals surface area contributed by atoms with Crippen LogP contribution in [0.5, 0.6) is 0 Å². The molecule has 0 radical (unpaired) electrons. The third kappa shape index (κ3) is 3.64. The van der Waals surface area contributed by atoms with Gasteiger partial charge in [0.2, 0.25) is 0 Å². The van der Waals surface area contributed by atoms with Gasteiger partial charge in [-0.25, -0.2) is 8.42 Å². The monoisotopic (exact) mass is 414 g/mol. The van der Waals surface area contributed by atoms with E-state index in [1.165, 1.54) is 24.2 Å². The molecule has 2 fully saturated rings. The summed E-state index contributed by atoms with van der Waals surface area (Å²) in [6.07, 6.45) is 4.44. The van der Waals surface area contributed by atoms with Gasteiger partial charge >= 0.3 is 0 Å². The Labute approximate surface area is 144 Å². The number of rotatable bonds is 3. The molecule has 4 nitrogen and oxygen atoms in total. The highest BCUT2D eigenvalue weighted by atomic mass is 79.9. The number of nitrogens with zero attached hydrogens (tertiary/aromatic N) is 1. The predicted octanol–water partition coefficient (Wildman–Crippen LogP) is 3.09. The normalized spacial score (nSPS) is 24.9. The van der Waals surface area contributed by atoms with Crippen molar-refractivity contribution in [3.63, 3.8) is 0 Å². The van der Waals surface area contributed by atoms with Gasteiger partial charge in [-0.3, -0.25) is 0 Å². The van der Waals surface area contributed by atoms with Crippen LogP contribution < -0.4 is 5.32 Å². The zero-order valence-corrected chi connectivity index (χ0v) is 15.7. The minimum atomic E-state index is -3.31. The maximum Gasteiger partial charge on any atom is 0.253 e. The summed E-state index contributed by atoms with van der Waals surface area (Å²) in [6, 6.07) is 2.40. The minimum absolute atomic E-state index is 0. The molecule has 1 N–H and O–H groups in total. The van der Waals surface area contributed by atoms with Crippen molar-refractivity contribution >= 4 is 49.7 Å². The summed E-state index contributed by atoms with van der Waals surface area (Å²) in [6.45, 7) is 2.41. The van der Waals surface area contributed by atoms with Crippen molar-refractivity contribution in [2.75, 3.05) is 19.6 Å². The minimum Gasteiger partial charge on any atom is -0.314 e. The summed E-state index contributed by atoms with van der Waals surface area (Å²) in [4.78, 5) is 0. The Bertz CT molecular complexity index is 564. The molecule has 1 aromatic heterocycles. The van der Waals surface area contributed by atoms with E-state index in [2.05, 4.69) is 21.2 Å². The van der Waals surface area contributed by atoms with Crippen LogP contribution in [0.4, 0.5) is 0 Å². The number of sulfonamides is 1. The lowest BCUT2D eigenvalue weighted by Gasteiger charge is -2.34. The average Bonchev–Trinajstić information content (AvgIpc) is 3.10. The van der Waals surface area contributed by atoms with Gasteiger partial charge in [-0.2, -0.15) is 4.31 Å². The molecule has 8 heteroatoms. The summed E-state index contributed by atoms with van der Waals surface area (Å²) < 4.78 is 27.9. The third-order valence-corrected chi connectivity index (χ3v) is 8.87. The summed E-state index contributed by atoms with van der Waals surface area (Å²) in [5, 5.41) is 5.35. The van der Waals surface area contributed by atoms with Crippen LogP contribution in [-0.4, -0.2) is 38.4 Å². The van der Waals surface area contributed by atoms with Crippen molar-refractivity contribution < 1.29 is 8.42 Å². The molecule has 21 heavy (non-hydrogen) atoms. The van der Waals surface area contributed by atoms with E-state index >= 15 is 0 Å². The Morgan fingerprint density at radius 2 is 2.00 bits per heavy atom. The van der Waals surface area contributed by atoms with E-state index < -0.39 is 10.0 Å². The Morgan fingerprint density at radius 3 is 2.52 bits per heavy atom. The van der Waals surface area contributed by atoms with Gasteiger partial charge in [-0.05, 0) is 65.5 Å². The van der Waals surface area contributed by atoms with Crippen LogP contribution in [0.2, 0.25) is 0 Å². The van der Waals surface area contributed by atoms with Crippen LogP contribution in [0, 0.1) is 5.92 Å². The fourth-order valence-electron chi connectivity index (χ4n) is 3.21. The number of piperidine rings is 1. The maximum atomic E-state index is 12.6. The summed E-state index contributed by atoms with van der Waals surface area (Å²) in [5.41, 5.74) is 0. The molecule has 0 aliphatic carbocycles. The smallest absolute Gasteiger partial charge is 0.253 e. The van der Waals surface area contributed by atoms with Crippen molar-refractivity contribution in [1.82, 2.24) is 9.62 Å². The zero-order chi connectivity index (χ0) is 14.2. The first-order valence-electron chi connectivity index (χ1n) is 7.05. The molecule has 1 aromatic rings. The molecule has 0 spiro atoms. The van der Waals surface area contributed by atoms with Gasteiger partial charge < -0.3 is 5.32 Å². The van der Waals surface area contributed by atoms with Crippen LogP contribution in [0.1, 0.15) is 25.7 Å². The summed E-state index contributed by atoms with van der Waals surface area (Å²) in [5.74, 6) is 0.635. The first-order valence-corrected chi connectivity index (χ1v) is 10.2. The number of hydrogen-bond acceptors (Lipinski definition) is 4. The molecule has 2 aliphatic heterocycles. The van der Waals surface area contributed by atoms with E-state index in [4.69, 9.17) is 0 Å². The van der Waals surface area contributed by atoms with Gasteiger partial charge in [0.05, 0.1) is 0 Å². The maximum absolute atomic E-state index is 12.6. The Kier molecular flexibility index (Phi) is 6.13. The van der Waals surface area contributed by atoms with Crippen molar-refractivity contribution in [3.8, 4) is 0 Å². The second-order valence-electron chi connectivity index (χ2n) is 5.50. The molecule has 1 unspecified atom stereocenters. The summed E-state index contributed by atoms with van der Waals surface area (Å²) in [7, 11) is -3.31. The highest BCUT2D eigenvalue weighted by Gasteiger charge is 2.34. The molecule has 2 aliphatic rings. The molecule has 1 atom stereocenters. The number of halogens is 2. The van der Waals surface area contributed by atoms with E-state index in [9.17, 15) is 8.42 Å². The molecule has 3 rings (SSSR count). The van der Waals surface area contributed by atoms with Crippen LogP contribution in [0.25, 0.3) is 0 Å². The Morgan fingerprint density at radius 1 is 1.29 bits per heavy atom. The molecule has 3 heterocycles. The molecular formula is C13H20BrClN2O2S2. The largest absolute Gasteiger partial charge is 0.314 e. The van der Waals surface area contributed by atoms with Gasteiger partial charge in [0.25, 0.3) is 10.0 Å². The highest BCUT2D eigenvalue weighted by molar-refractivity contribution is 9.10. The number of hydrogen-bond donors (Lipinski definition) is 1. The fraction of sp³-hybridized carbons (Fsp3) is 0.692. The lowest BCUT2D eigenvalue weighted by Crippen LogP contribution is -2.43.